The Labute approximate surface area is 87.9 Å². The molecule has 0 spiro atoms. The fourth-order valence-corrected chi connectivity index (χ4v) is 4.26. The lowest BCUT2D eigenvalue weighted by Crippen LogP contribution is -2.30. The number of nitrogens with one attached hydrogen (secondary N) is 1. The number of hydrogen-bond acceptors (Lipinski definition) is 3. The molecule has 1 aliphatic carbocycles. The molecule has 0 bridgehead atoms. The van der Waals surface area contributed by atoms with E-state index in [1.807, 2.05) is 23.1 Å². The Kier molecular flexibility index (Phi) is 3.30. The molecule has 0 aromatic carbocycles. The van der Waals surface area contributed by atoms with E-state index in [0.29, 0.717) is 0 Å². The Morgan fingerprint density at radius 3 is 3.15 bits per heavy atom. The van der Waals surface area contributed by atoms with Crippen LogP contribution in [0.5, 0.6) is 0 Å². The molecule has 0 amide bonds. The quantitative estimate of drug-likeness (QED) is 0.828. The summed E-state index contributed by atoms with van der Waals surface area (Å²) in [5.41, 5.74) is 0. The minimum absolute atomic E-state index is 0.729. The fraction of sp³-hybridized carbons (Fsp3) is 0.600. The first-order valence-electron chi connectivity index (χ1n) is 4.77. The van der Waals surface area contributed by atoms with Crippen molar-refractivity contribution in [3.8, 4) is 0 Å². The van der Waals surface area contributed by atoms with Crippen LogP contribution >= 0.6 is 23.1 Å². The van der Waals surface area contributed by atoms with Crippen LogP contribution < -0.4 is 5.32 Å². The molecule has 1 saturated carbocycles. The Bertz CT molecular complexity index is 245. The van der Waals surface area contributed by atoms with Crippen LogP contribution in [0.3, 0.4) is 0 Å². The van der Waals surface area contributed by atoms with Gasteiger partial charge in [0, 0.05) is 11.3 Å². The highest BCUT2D eigenvalue weighted by Gasteiger charge is 2.26. The first-order valence-corrected chi connectivity index (χ1v) is 6.53. The molecule has 0 aliphatic heterocycles. The zero-order valence-electron chi connectivity index (χ0n) is 7.82. The molecule has 1 aromatic heterocycles. The van der Waals surface area contributed by atoms with Crippen LogP contribution in [0, 0.1) is 0 Å². The van der Waals surface area contributed by atoms with E-state index in [9.17, 15) is 0 Å². The van der Waals surface area contributed by atoms with Gasteiger partial charge >= 0.3 is 0 Å². The third kappa shape index (κ3) is 2.27. The average molecular weight is 213 g/mol. The first-order chi connectivity index (χ1) is 6.40. The van der Waals surface area contributed by atoms with Gasteiger partial charge in [-0.25, -0.2) is 0 Å². The van der Waals surface area contributed by atoms with Crippen LogP contribution in [-0.2, 0) is 0 Å². The van der Waals surface area contributed by atoms with Gasteiger partial charge in [0.25, 0.3) is 0 Å². The van der Waals surface area contributed by atoms with Gasteiger partial charge in [0.15, 0.2) is 0 Å². The largest absolute Gasteiger partial charge is 0.316 e. The minimum Gasteiger partial charge on any atom is -0.316 e. The van der Waals surface area contributed by atoms with E-state index in [-0.39, 0.29) is 0 Å². The predicted octanol–water partition coefficient (Wildman–Crippen LogP) is 2.98. The smallest absolute Gasteiger partial charge is 0.0601 e. The summed E-state index contributed by atoms with van der Waals surface area (Å²) >= 11 is 3.90. The Morgan fingerprint density at radius 2 is 2.46 bits per heavy atom. The van der Waals surface area contributed by atoms with Crippen molar-refractivity contribution in [2.24, 2.45) is 0 Å². The standard InChI is InChI=1S/C10H15NS2/c1-11-8-4-2-5-9(8)13-10-6-3-7-12-10/h3,6-9,11H,2,4-5H2,1H3. The van der Waals surface area contributed by atoms with E-state index < -0.39 is 0 Å². The highest BCUT2D eigenvalue weighted by atomic mass is 32.2. The van der Waals surface area contributed by atoms with Crippen LogP contribution in [0.1, 0.15) is 19.3 Å². The lowest BCUT2D eigenvalue weighted by atomic mass is 10.2. The fourth-order valence-electron chi connectivity index (χ4n) is 1.88. The third-order valence-corrected chi connectivity index (χ3v) is 5.06. The van der Waals surface area contributed by atoms with Gasteiger partial charge in [-0.05, 0) is 31.3 Å². The van der Waals surface area contributed by atoms with Crippen molar-refractivity contribution in [2.75, 3.05) is 7.05 Å². The van der Waals surface area contributed by atoms with E-state index in [1.165, 1.54) is 23.5 Å². The molecular formula is C10H15NS2. The van der Waals surface area contributed by atoms with Crippen LogP contribution in [-0.4, -0.2) is 18.3 Å². The summed E-state index contributed by atoms with van der Waals surface area (Å²) in [5, 5.41) is 6.36. The van der Waals surface area contributed by atoms with Gasteiger partial charge in [-0.1, -0.05) is 12.5 Å². The molecule has 2 rings (SSSR count). The second kappa shape index (κ2) is 4.49. The normalized spacial score (nSPS) is 28.1. The number of hydrogen-bond donors (Lipinski definition) is 1. The summed E-state index contributed by atoms with van der Waals surface area (Å²) < 4.78 is 1.46. The van der Waals surface area contributed by atoms with Crippen LogP contribution in [0.25, 0.3) is 0 Å². The Balaban J connectivity index is 1.94. The molecule has 2 unspecified atom stereocenters. The van der Waals surface area contributed by atoms with E-state index in [0.717, 1.165) is 11.3 Å². The summed E-state index contributed by atoms with van der Waals surface area (Å²) in [6.45, 7) is 0. The van der Waals surface area contributed by atoms with Gasteiger partial charge in [0.1, 0.15) is 0 Å². The summed E-state index contributed by atoms with van der Waals surface area (Å²) in [7, 11) is 2.08. The molecule has 1 fully saturated rings. The first kappa shape index (κ1) is 9.56. The molecule has 1 aliphatic rings. The Morgan fingerprint density at radius 1 is 1.54 bits per heavy atom. The van der Waals surface area contributed by atoms with E-state index in [1.54, 1.807) is 0 Å². The molecule has 1 aromatic rings. The summed E-state index contributed by atoms with van der Waals surface area (Å²) in [6.07, 6.45) is 4.10. The molecule has 72 valence electrons. The maximum Gasteiger partial charge on any atom is 0.0601 e. The van der Waals surface area contributed by atoms with Crippen molar-refractivity contribution < 1.29 is 0 Å². The highest BCUT2D eigenvalue weighted by Crippen LogP contribution is 2.36. The van der Waals surface area contributed by atoms with E-state index in [2.05, 4.69) is 29.9 Å². The molecule has 1 N–H and O–H groups in total. The van der Waals surface area contributed by atoms with Crippen molar-refractivity contribution in [1.82, 2.24) is 5.32 Å². The molecule has 1 nitrogen and oxygen atoms in total. The lowest BCUT2D eigenvalue weighted by Gasteiger charge is -2.17. The third-order valence-electron chi connectivity index (χ3n) is 2.59. The van der Waals surface area contributed by atoms with Crippen LogP contribution in [0.15, 0.2) is 21.7 Å². The van der Waals surface area contributed by atoms with Gasteiger partial charge in [0.05, 0.1) is 4.21 Å². The highest BCUT2D eigenvalue weighted by molar-refractivity contribution is 8.01. The minimum atomic E-state index is 0.729. The maximum atomic E-state index is 3.41. The molecule has 1 heterocycles. The maximum absolute atomic E-state index is 3.41. The van der Waals surface area contributed by atoms with Gasteiger partial charge < -0.3 is 5.32 Å². The second-order valence-corrected chi connectivity index (χ2v) is 5.90. The summed E-state index contributed by atoms with van der Waals surface area (Å²) in [6, 6.07) is 5.09. The van der Waals surface area contributed by atoms with Crippen LogP contribution in [0.4, 0.5) is 0 Å². The lowest BCUT2D eigenvalue weighted by molar-refractivity contribution is 0.592. The monoisotopic (exact) mass is 213 g/mol. The number of thioether (sulfide) groups is 1. The van der Waals surface area contributed by atoms with Gasteiger partial charge in [-0.2, -0.15) is 0 Å². The van der Waals surface area contributed by atoms with E-state index >= 15 is 0 Å². The van der Waals surface area contributed by atoms with E-state index in [4.69, 9.17) is 0 Å². The molecule has 13 heavy (non-hydrogen) atoms. The molecular weight excluding hydrogens is 198 g/mol. The predicted molar refractivity (Wildman–Crippen MR) is 60.7 cm³/mol. The average Bonchev–Trinajstić information content (AvgIpc) is 2.76. The number of rotatable bonds is 3. The van der Waals surface area contributed by atoms with Gasteiger partial charge in [-0.15, -0.1) is 23.1 Å². The van der Waals surface area contributed by atoms with Crippen molar-refractivity contribution in [1.29, 1.82) is 0 Å². The van der Waals surface area contributed by atoms with Crippen molar-refractivity contribution in [2.45, 2.75) is 34.8 Å². The Hall–Kier alpha value is 0.01000. The zero-order valence-corrected chi connectivity index (χ0v) is 9.46. The van der Waals surface area contributed by atoms with Crippen molar-refractivity contribution in [3.63, 3.8) is 0 Å². The zero-order chi connectivity index (χ0) is 9.10. The molecule has 2 atom stereocenters. The second-order valence-electron chi connectivity index (χ2n) is 3.41. The van der Waals surface area contributed by atoms with Crippen molar-refractivity contribution in [3.05, 3.63) is 17.5 Å². The van der Waals surface area contributed by atoms with Crippen LogP contribution in [0.2, 0.25) is 0 Å². The molecule has 3 heteroatoms. The molecule has 0 radical (unpaired) electrons. The SMILES string of the molecule is CNC1CCCC1Sc1cccs1. The van der Waals surface area contributed by atoms with Gasteiger partial charge in [-0.3, -0.25) is 0 Å². The van der Waals surface area contributed by atoms with Gasteiger partial charge in [0.2, 0.25) is 0 Å². The van der Waals surface area contributed by atoms with Crippen molar-refractivity contribution >= 4 is 23.1 Å². The topological polar surface area (TPSA) is 12.0 Å². The summed E-state index contributed by atoms with van der Waals surface area (Å²) in [5.74, 6) is 0. The number of thiophene rings is 1. The molecule has 0 saturated heterocycles. The summed E-state index contributed by atoms with van der Waals surface area (Å²) in [4.78, 5) is 0.